The zero-order valence-corrected chi connectivity index (χ0v) is 11.8. The van der Waals surface area contributed by atoms with Crippen LogP contribution in [0.25, 0.3) is 0 Å². The molecule has 0 spiro atoms. The molecule has 15 heavy (non-hydrogen) atoms. The van der Waals surface area contributed by atoms with Gasteiger partial charge in [0.25, 0.3) is 0 Å². The van der Waals surface area contributed by atoms with E-state index in [2.05, 4.69) is 5.82 Å². The molecule has 1 saturated heterocycles. The van der Waals surface area contributed by atoms with E-state index in [-0.39, 0.29) is 18.9 Å². The van der Waals surface area contributed by atoms with Crippen molar-refractivity contribution in [2.24, 2.45) is 0 Å². The van der Waals surface area contributed by atoms with Gasteiger partial charge in [-0.3, -0.25) is 4.57 Å². The molecule has 0 saturated carbocycles. The van der Waals surface area contributed by atoms with Crippen molar-refractivity contribution in [2.75, 3.05) is 24.7 Å². The molecule has 0 atom stereocenters. The van der Waals surface area contributed by atoms with Gasteiger partial charge in [-0.05, 0) is 13.8 Å². The van der Waals surface area contributed by atoms with Crippen LogP contribution in [0.15, 0.2) is 4.24 Å². The minimum Gasteiger partial charge on any atom is -0.350 e. The van der Waals surface area contributed by atoms with Crippen LogP contribution in [0.3, 0.4) is 0 Å². The zero-order chi connectivity index (χ0) is 10.4. The van der Waals surface area contributed by atoms with Crippen LogP contribution in [0, 0.1) is 5.82 Å². The standard InChI is InChI=1S/C8H14O3PS2.Li/c1-3-10-12(9,11-4-2)7-8-13-5-6-14-8;/h3-6H2,1-2H3;/q-1;+1. The van der Waals surface area contributed by atoms with Gasteiger partial charge in [0.15, 0.2) is 7.60 Å². The fraction of sp³-hybridized carbons (Fsp3) is 0.750. The van der Waals surface area contributed by atoms with Gasteiger partial charge in [-0.15, -0.1) is 4.24 Å². The van der Waals surface area contributed by atoms with Gasteiger partial charge < -0.3 is 14.9 Å². The van der Waals surface area contributed by atoms with Crippen LogP contribution in [0.5, 0.6) is 0 Å². The normalized spacial score (nSPS) is 16.3. The number of hydrogen-bond donors (Lipinski definition) is 0. The summed E-state index contributed by atoms with van der Waals surface area (Å²) in [6.45, 7) is 4.36. The number of hydrogen-bond acceptors (Lipinski definition) is 5. The first kappa shape index (κ1) is 16.2. The molecule has 1 heterocycles. The van der Waals surface area contributed by atoms with Crippen molar-refractivity contribution in [3.63, 3.8) is 0 Å². The first-order valence-corrected chi connectivity index (χ1v) is 8.01. The summed E-state index contributed by atoms with van der Waals surface area (Å²) in [6.07, 6.45) is 0. The van der Waals surface area contributed by atoms with E-state index in [1.807, 2.05) is 0 Å². The first-order chi connectivity index (χ1) is 6.70. The molecule has 0 N–H and O–H groups in total. The van der Waals surface area contributed by atoms with Crippen LogP contribution in [-0.4, -0.2) is 24.7 Å². The maximum atomic E-state index is 12.0. The van der Waals surface area contributed by atoms with Crippen molar-refractivity contribution in [1.82, 2.24) is 0 Å². The Labute approximate surface area is 112 Å². The summed E-state index contributed by atoms with van der Waals surface area (Å²) < 4.78 is 23.1. The molecule has 1 aliphatic heterocycles. The molecule has 0 aromatic heterocycles. The van der Waals surface area contributed by atoms with Crippen LogP contribution in [0.4, 0.5) is 0 Å². The van der Waals surface area contributed by atoms with Crippen LogP contribution < -0.4 is 18.9 Å². The quantitative estimate of drug-likeness (QED) is 0.404. The molecular formula is C8H14LiO3PS2. The molecule has 1 aliphatic rings. The van der Waals surface area contributed by atoms with Gasteiger partial charge in [-0.25, -0.2) is 0 Å². The molecule has 0 amide bonds. The fourth-order valence-corrected chi connectivity index (χ4v) is 5.09. The van der Waals surface area contributed by atoms with E-state index in [4.69, 9.17) is 9.05 Å². The number of rotatable bonds is 5. The van der Waals surface area contributed by atoms with Crippen LogP contribution in [-0.2, 0) is 13.6 Å². The first-order valence-electron chi connectivity index (χ1n) is 4.50. The van der Waals surface area contributed by atoms with E-state index in [1.165, 1.54) is 0 Å². The molecular weight excluding hydrogens is 246 g/mol. The van der Waals surface area contributed by atoms with Gasteiger partial charge in [0.05, 0.1) is 13.2 Å². The molecule has 0 radical (unpaired) electrons. The van der Waals surface area contributed by atoms with E-state index < -0.39 is 7.60 Å². The number of thioether (sulfide) groups is 2. The maximum absolute atomic E-state index is 12.0. The predicted octanol–water partition coefficient (Wildman–Crippen LogP) is 0.339. The molecule has 0 aliphatic carbocycles. The topological polar surface area (TPSA) is 35.5 Å². The molecule has 82 valence electrons. The Kier molecular flexibility index (Phi) is 8.96. The third kappa shape index (κ3) is 5.88. The average molecular weight is 260 g/mol. The third-order valence-corrected chi connectivity index (χ3v) is 5.88. The average Bonchev–Trinajstić information content (AvgIpc) is 2.57. The molecule has 0 aromatic carbocycles. The summed E-state index contributed by atoms with van der Waals surface area (Å²) in [5.41, 5.74) is 0. The smallest absolute Gasteiger partial charge is 0.350 e. The van der Waals surface area contributed by atoms with Crippen molar-refractivity contribution in [3.05, 3.63) is 10.1 Å². The van der Waals surface area contributed by atoms with E-state index in [0.29, 0.717) is 13.2 Å². The van der Waals surface area contributed by atoms with Crippen LogP contribution in [0.2, 0.25) is 0 Å². The summed E-state index contributed by atoms with van der Waals surface area (Å²) in [7, 11) is -3.10. The minimum atomic E-state index is -3.10. The summed E-state index contributed by atoms with van der Waals surface area (Å²) in [6, 6.07) is 0. The maximum Gasteiger partial charge on any atom is 1.00 e. The monoisotopic (exact) mass is 260 g/mol. The van der Waals surface area contributed by atoms with Gasteiger partial charge in [0.1, 0.15) is 0 Å². The molecule has 0 bridgehead atoms. The summed E-state index contributed by atoms with van der Waals surface area (Å²) in [5.74, 6) is 4.94. The Bertz CT molecular complexity index is 242. The second-order valence-electron chi connectivity index (χ2n) is 2.43. The molecule has 0 aromatic rings. The Morgan fingerprint density at radius 1 is 1.27 bits per heavy atom. The Morgan fingerprint density at radius 2 is 1.73 bits per heavy atom. The summed E-state index contributed by atoms with van der Waals surface area (Å²) >= 11 is 3.31. The molecule has 1 fully saturated rings. The Morgan fingerprint density at radius 3 is 2.13 bits per heavy atom. The van der Waals surface area contributed by atoms with Crippen LogP contribution >= 0.6 is 31.1 Å². The van der Waals surface area contributed by atoms with Gasteiger partial charge in [0.2, 0.25) is 0 Å². The molecule has 7 heteroatoms. The SMILES string of the molecule is CCOP(=O)([C-]=C1SCCS1)OCC.[Li+]. The minimum absolute atomic E-state index is 0. The Hall–Kier alpha value is 1.19. The van der Waals surface area contributed by atoms with Crippen molar-refractivity contribution < 1.29 is 32.5 Å². The van der Waals surface area contributed by atoms with Crippen molar-refractivity contribution in [3.8, 4) is 0 Å². The Balaban J connectivity index is 0.00000196. The summed E-state index contributed by atoms with van der Waals surface area (Å²) in [5, 5.41) is 0. The van der Waals surface area contributed by atoms with Gasteiger partial charge in [-0.1, -0.05) is 0 Å². The van der Waals surface area contributed by atoms with Crippen molar-refractivity contribution >= 4 is 31.1 Å². The van der Waals surface area contributed by atoms with Gasteiger partial charge in [-0.2, -0.15) is 23.5 Å². The van der Waals surface area contributed by atoms with Gasteiger partial charge in [0, 0.05) is 11.5 Å². The summed E-state index contributed by atoms with van der Waals surface area (Å²) in [4.78, 5) is 0. The predicted molar refractivity (Wildman–Crippen MR) is 62.5 cm³/mol. The van der Waals surface area contributed by atoms with E-state index in [9.17, 15) is 4.57 Å². The molecule has 1 rings (SSSR count). The van der Waals surface area contributed by atoms with E-state index in [1.54, 1.807) is 37.4 Å². The van der Waals surface area contributed by atoms with Crippen molar-refractivity contribution in [1.29, 1.82) is 0 Å². The largest absolute Gasteiger partial charge is 1.00 e. The molecule has 3 nitrogen and oxygen atoms in total. The van der Waals surface area contributed by atoms with Gasteiger partial charge >= 0.3 is 18.9 Å². The third-order valence-electron chi connectivity index (χ3n) is 1.38. The second-order valence-corrected chi connectivity index (χ2v) is 6.63. The molecule has 0 unspecified atom stereocenters. The zero-order valence-electron chi connectivity index (χ0n) is 9.32. The van der Waals surface area contributed by atoms with E-state index in [0.717, 1.165) is 15.7 Å². The van der Waals surface area contributed by atoms with Crippen LogP contribution in [0.1, 0.15) is 13.8 Å². The fourth-order valence-electron chi connectivity index (χ4n) is 0.928. The second kappa shape index (κ2) is 8.30. The van der Waals surface area contributed by atoms with Crippen molar-refractivity contribution in [2.45, 2.75) is 13.8 Å². The van der Waals surface area contributed by atoms with E-state index >= 15 is 0 Å².